The number of hydrogen-bond donors (Lipinski definition) is 0. The fraction of sp³-hybridized carbons (Fsp3) is 0.441. The van der Waals surface area contributed by atoms with Gasteiger partial charge in [0.05, 0.1) is 27.4 Å². The van der Waals surface area contributed by atoms with Crippen LogP contribution in [0.25, 0.3) is 0 Å². The van der Waals surface area contributed by atoms with E-state index < -0.39 is 29.5 Å². The van der Waals surface area contributed by atoms with Gasteiger partial charge >= 0.3 is 12.0 Å². The molecule has 2 amide bonds. The van der Waals surface area contributed by atoms with Crippen molar-refractivity contribution in [2.75, 3.05) is 47.6 Å². The van der Waals surface area contributed by atoms with Gasteiger partial charge in [0.15, 0.2) is 11.5 Å². The summed E-state index contributed by atoms with van der Waals surface area (Å²) in [5, 5.41) is 0. The van der Waals surface area contributed by atoms with E-state index in [9.17, 15) is 9.59 Å². The molecule has 2 heterocycles. The minimum Gasteiger partial charge on any atom is -0.493 e. The van der Waals surface area contributed by atoms with Crippen LogP contribution in [0.1, 0.15) is 42.4 Å². The van der Waals surface area contributed by atoms with Gasteiger partial charge in [-0.15, -0.1) is 0 Å². The van der Waals surface area contributed by atoms with Crippen LogP contribution in [0.5, 0.6) is 17.2 Å². The molecule has 0 saturated carbocycles. The summed E-state index contributed by atoms with van der Waals surface area (Å²) < 4.78 is 52.6. The third-order valence-electron chi connectivity index (χ3n) is 7.94. The Bertz CT molecular complexity index is 1320. The predicted molar refractivity (Wildman–Crippen MR) is 165 cm³/mol. The normalized spacial score (nSPS) is 14.6. The Morgan fingerprint density at radius 2 is 1.58 bits per heavy atom. The highest BCUT2D eigenvalue weighted by Gasteiger charge is 2.48. The van der Waals surface area contributed by atoms with Crippen LogP contribution in [0.2, 0.25) is 0 Å². The summed E-state index contributed by atoms with van der Waals surface area (Å²) in [6.07, 6.45) is 6.95. The number of aromatic nitrogens is 1. The number of pyridine rings is 1. The summed E-state index contributed by atoms with van der Waals surface area (Å²) in [6, 6.07) is 15.4. The summed E-state index contributed by atoms with van der Waals surface area (Å²) in [5.41, 5.74) is 1.67. The number of carbonyl (C=O) groups is 2. The third kappa shape index (κ3) is 8.61. The van der Waals surface area contributed by atoms with Gasteiger partial charge in [-0.25, -0.2) is 4.79 Å². The topological polar surface area (TPSA) is 90.4 Å². The van der Waals surface area contributed by atoms with Gasteiger partial charge in [0, 0.05) is 37.6 Å². The first kappa shape index (κ1) is 33.5. The van der Waals surface area contributed by atoms with Crippen LogP contribution in [0, 0.1) is 0 Å². The van der Waals surface area contributed by atoms with Crippen molar-refractivity contribution >= 4 is 12.0 Å². The molecular weight excluding hydrogens is 584 g/mol. The number of benzene rings is 2. The fourth-order valence-corrected chi connectivity index (χ4v) is 5.53. The number of halogens is 2. The first-order valence-corrected chi connectivity index (χ1v) is 15.1. The highest BCUT2D eigenvalue weighted by molar-refractivity contribution is 5.86. The molecule has 242 valence electrons. The highest BCUT2D eigenvalue weighted by Crippen LogP contribution is 2.43. The Kier molecular flexibility index (Phi) is 11.9. The Morgan fingerprint density at radius 3 is 2.18 bits per heavy atom. The monoisotopic (exact) mass is 625 g/mol. The summed E-state index contributed by atoms with van der Waals surface area (Å²) >= 11 is 0. The van der Waals surface area contributed by atoms with Crippen molar-refractivity contribution in [1.82, 2.24) is 14.8 Å². The van der Waals surface area contributed by atoms with Crippen molar-refractivity contribution in [1.29, 1.82) is 0 Å². The van der Waals surface area contributed by atoms with E-state index in [4.69, 9.17) is 18.9 Å². The molecule has 1 fully saturated rings. The van der Waals surface area contributed by atoms with Crippen molar-refractivity contribution in [3.63, 3.8) is 0 Å². The Labute approximate surface area is 263 Å². The molecular formula is C34H41F2N3O6. The number of methoxy groups -OCH3 is 3. The second-order valence-corrected chi connectivity index (χ2v) is 10.9. The van der Waals surface area contributed by atoms with Crippen molar-refractivity contribution in [2.24, 2.45) is 0 Å². The number of hydrogen-bond acceptors (Lipinski definition) is 7. The summed E-state index contributed by atoms with van der Waals surface area (Å²) in [4.78, 5) is 33.5. The minimum atomic E-state index is -3.88. The van der Waals surface area contributed by atoms with Crippen LogP contribution in [0.15, 0.2) is 67.0 Å². The van der Waals surface area contributed by atoms with Crippen LogP contribution < -0.4 is 14.2 Å². The molecule has 1 atom stereocenters. The van der Waals surface area contributed by atoms with Crippen LogP contribution in [0.3, 0.4) is 0 Å². The quantitative estimate of drug-likeness (QED) is 0.208. The van der Waals surface area contributed by atoms with Gasteiger partial charge in [0.1, 0.15) is 6.61 Å². The summed E-state index contributed by atoms with van der Waals surface area (Å²) in [6.45, 7) is 0.906. The molecule has 1 aliphatic heterocycles. The largest absolute Gasteiger partial charge is 0.493 e. The number of likely N-dealkylation sites (tertiary alicyclic amines) is 1. The zero-order valence-electron chi connectivity index (χ0n) is 26.0. The molecule has 1 aliphatic rings. The summed E-state index contributed by atoms with van der Waals surface area (Å²) in [5.74, 6) is -5.07. The van der Waals surface area contributed by atoms with E-state index in [2.05, 4.69) is 4.98 Å². The van der Waals surface area contributed by atoms with E-state index in [1.807, 2.05) is 42.5 Å². The maximum absolute atomic E-state index is 15.7. The number of amides is 2. The minimum absolute atomic E-state index is 0.0158. The van der Waals surface area contributed by atoms with Gasteiger partial charge in [-0.1, -0.05) is 36.4 Å². The van der Waals surface area contributed by atoms with E-state index in [1.165, 1.54) is 26.9 Å². The Hall–Kier alpha value is -4.41. The molecule has 1 saturated heterocycles. The van der Waals surface area contributed by atoms with Crippen LogP contribution in [-0.2, 0) is 28.3 Å². The van der Waals surface area contributed by atoms with Gasteiger partial charge in [-0.05, 0) is 67.9 Å². The fourth-order valence-electron chi connectivity index (χ4n) is 5.53. The van der Waals surface area contributed by atoms with Crippen molar-refractivity contribution in [2.45, 2.75) is 50.5 Å². The molecule has 0 bridgehead atoms. The molecule has 1 aromatic heterocycles. The molecule has 0 N–H and O–H groups in total. The lowest BCUT2D eigenvalue weighted by atomic mass is 10.0. The molecule has 0 spiro atoms. The molecule has 1 unspecified atom stereocenters. The smallest absolute Gasteiger partial charge is 0.409 e. The predicted octanol–water partition coefficient (Wildman–Crippen LogP) is 5.89. The van der Waals surface area contributed by atoms with Crippen LogP contribution in [0.4, 0.5) is 13.6 Å². The van der Waals surface area contributed by atoms with Gasteiger partial charge < -0.3 is 28.7 Å². The van der Waals surface area contributed by atoms with Crippen LogP contribution in [-0.4, -0.2) is 80.4 Å². The maximum atomic E-state index is 15.7. The van der Waals surface area contributed by atoms with Crippen molar-refractivity contribution in [3.05, 3.63) is 83.7 Å². The zero-order valence-corrected chi connectivity index (χ0v) is 26.0. The van der Waals surface area contributed by atoms with E-state index in [-0.39, 0.29) is 30.4 Å². The lowest BCUT2D eigenvalue weighted by Gasteiger charge is -2.30. The first-order chi connectivity index (χ1) is 21.8. The van der Waals surface area contributed by atoms with Crippen LogP contribution >= 0.6 is 0 Å². The van der Waals surface area contributed by atoms with Crippen molar-refractivity contribution < 1.29 is 37.3 Å². The number of rotatable bonds is 15. The molecule has 0 radical (unpaired) electrons. The van der Waals surface area contributed by atoms with Gasteiger partial charge in [-0.2, -0.15) is 8.78 Å². The van der Waals surface area contributed by atoms with E-state index in [0.29, 0.717) is 32.4 Å². The Morgan fingerprint density at radius 1 is 0.933 bits per heavy atom. The lowest BCUT2D eigenvalue weighted by molar-refractivity contribution is -0.160. The number of nitrogens with zero attached hydrogens (tertiary/aromatic N) is 3. The number of aryl methyl sites for hydroxylation is 2. The maximum Gasteiger partial charge on any atom is 0.409 e. The van der Waals surface area contributed by atoms with E-state index in [1.54, 1.807) is 17.3 Å². The molecule has 11 heteroatoms. The van der Waals surface area contributed by atoms with Gasteiger partial charge in [-0.3, -0.25) is 9.78 Å². The summed E-state index contributed by atoms with van der Waals surface area (Å²) in [7, 11) is 4.00. The molecule has 0 aliphatic carbocycles. The Balaban J connectivity index is 1.40. The number of ether oxygens (including phenoxy) is 4. The third-order valence-corrected chi connectivity index (χ3v) is 7.94. The standard InChI is InChI=1S/C34H41F2N3O6/c1-42-29-21-27(22-30(43-2)31(29)44-3)34(35,36)32(40)39-20-10-16-28(39)24-45-33(41)38(18-8-14-25-11-5-4-6-12-25)19-9-15-26-13-7-17-37-23-26/h4-7,11-13,17,21-23,28H,8-10,14-16,18-20,24H2,1-3H3. The second kappa shape index (κ2) is 16.1. The van der Waals surface area contributed by atoms with E-state index in [0.717, 1.165) is 41.9 Å². The molecule has 9 nitrogen and oxygen atoms in total. The molecule has 45 heavy (non-hydrogen) atoms. The molecule has 2 aromatic carbocycles. The zero-order chi connectivity index (χ0) is 32.2. The lowest BCUT2D eigenvalue weighted by Crippen LogP contribution is -2.47. The number of carbonyl (C=O) groups excluding carboxylic acids is 2. The van der Waals surface area contributed by atoms with Gasteiger partial charge in [0.25, 0.3) is 5.91 Å². The molecule has 3 aromatic rings. The van der Waals surface area contributed by atoms with E-state index >= 15 is 8.78 Å². The average molecular weight is 626 g/mol. The first-order valence-electron chi connectivity index (χ1n) is 15.1. The van der Waals surface area contributed by atoms with Gasteiger partial charge in [0.2, 0.25) is 5.75 Å². The SMILES string of the molecule is COc1cc(C(F)(F)C(=O)N2CCCC2COC(=O)N(CCCc2ccccc2)CCCc2cccnc2)cc(OC)c1OC. The average Bonchev–Trinajstić information content (AvgIpc) is 3.54. The highest BCUT2D eigenvalue weighted by atomic mass is 19.3. The molecule has 4 rings (SSSR count). The number of alkyl halides is 2. The second-order valence-electron chi connectivity index (χ2n) is 10.9. The van der Waals surface area contributed by atoms with Crippen molar-refractivity contribution in [3.8, 4) is 17.2 Å².